The molecule has 0 aliphatic rings. The van der Waals surface area contributed by atoms with Gasteiger partial charge in [0.15, 0.2) is 0 Å². The summed E-state index contributed by atoms with van der Waals surface area (Å²) >= 11 is 0. The lowest BCUT2D eigenvalue weighted by molar-refractivity contribution is 0.626. The molecule has 0 saturated carbocycles. The van der Waals surface area contributed by atoms with Crippen molar-refractivity contribution in [3.8, 4) is 0 Å². The molecule has 0 bridgehead atoms. The molecule has 18 heavy (non-hydrogen) atoms. The summed E-state index contributed by atoms with van der Waals surface area (Å²) in [6.07, 6.45) is 0. The lowest BCUT2D eigenvalue weighted by Gasteiger charge is -2.12. The fourth-order valence-corrected chi connectivity index (χ4v) is 1.53. The van der Waals surface area contributed by atoms with Gasteiger partial charge in [-0.2, -0.15) is 10.2 Å². The molecule has 3 nitrogen and oxygen atoms in total. The number of benzene rings is 2. The zero-order chi connectivity index (χ0) is 13.0. The van der Waals surface area contributed by atoms with Crippen molar-refractivity contribution >= 4 is 17.1 Å². The molecule has 0 radical (unpaired) electrons. The first kappa shape index (κ1) is 12.2. The van der Waals surface area contributed by atoms with Gasteiger partial charge in [-0.05, 0) is 24.3 Å². The van der Waals surface area contributed by atoms with Gasteiger partial charge in [0, 0.05) is 20.2 Å². The molecule has 2 rings (SSSR count). The average Bonchev–Trinajstić information content (AvgIpc) is 2.37. The first-order valence-corrected chi connectivity index (χ1v) is 5.60. The number of azo groups is 1. The summed E-state index contributed by atoms with van der Waals surface area (Å²) in [4.78, 5) is 1.72. The molecule has 0 saturated heterocycles. The fraction of sp³-hybridized carbons (Fsp3) is 0.143. The monoisotopic (exact) mass is 243 g/mol. The van der Waals surface area contributed by atoms with Crippen molar-refractivity contribution in [2.45, 2.75) is 0 Å². The van der Waals surface area contributed by atoms with E-state index in [-0.39, 0.29) is 5.82 Å². The summed E-state index contributed by atoms with van der Waals surface area (Å²) in [7, 11) is 3.59. The fourth-order valence-electron chi connectivity index (χ4n) is 1.53. The van der Waals surface area contributed by atoms with E-state index in [0.717, 1.165) is 5.69 Å². The van der Waals surface area contributed by atoms with Crippen LogP contribution in [0.2, 0.25) is 0 Å². The van der Waals surface area contributed by atoms with Crippen molar-refractivity contribution in [2.24, 2.45) is 10.2 Å². The van der Waals surface area contributed by atoms with Crippen LogP contribution in [0.15, 0.2) is 58.8 Å². The Labute approximate surface area is 106 Å². The molecule has 0 spiro atoms. The number of rotatable bonds is 3. The zero-order valence-corrected chi connectivity index (χ0v) is 10.3. The van der Waals surface area contributed by atoms with Gasteiger partial charge in [-0.15, -0.1) is 0 Å². The Morgan fingerprint density at radius 1 is 0.889 bits per heavy atom. The van der Waals surface area contributed by atoms with Crippen molar-refractivity contribution in [1.82, 2.24) is 0 Å². The molecule has 2 aromatic carbocycles. The Hall–Kier alpha value is -2.23. The molecular weight excluding hydrogens is 229 g/mol. The van der Waals surface area contributed by atoms with Gasteiger partial charge in [0.05, 0.1) is 17.1 Å². The predicted octanol–water partition coefficient (Wildman–Crippen LogP) is 4.31. The molecule has 0 aliphatic heterocycles. The predicted molar refractivity (Wildman–Crippen MR) is 71.3 cm³/mol. The number of halogens is 1. The van der Waals surface area contributed by atoms with Gasteiger partial charge in [0.1, 0.15) is 5.82 Å². The molecule has 0 amide bonds. The Morgan fingerprint density at radius 2 is 1.56 bits per heavy atom. The number of hydrogen-bond donors (Lipinski definition) is 0. The first-order chi connectivity index (χ1) is 8.66. The average molecular weight is 243 g/mol. The second-order valence-electron chi connectivity index (χ2n) is 4.07. The van der Waals surface area contributed by atoms with E-state index >= 15 is 0 Å². The third kappa shape index (κ3) is 2.91. The topological polar surface area (TPSA) is 28.0 Å². The Morgan fingerprint density at radius 3 is 2.17 bits per heavy atom. The van der Waals surface area contributed by atoms with Gasteiger partial charge in [-0.25, -0.2) is 4.39 Å². The Bertz CT molecular complexity index is 550. The van der Waals surface area contributed by atoms with E-state index in [9.17, 15) is 4.39 Å². The van der Waals surface area contributed by atoms with E-state index < -0.39 is 0 Å². The van der Waals surface area contributed by atoms with Crippen LogP contribution in [0.3, 0.4) is 0 Å². The normalized spacial score (nSPS) is 10.8. The maximum absolute atomic E-state index is 13.7. The van der Waals surface area contributed by atoms with E-state index in [1.54, 1.807) is 31.1 Å². The highest BCUT2D eigenvalue weighted by atomic mass is 19.1. The summed E-state index contributed by atoms with van der Waals surface area (Å²) in [5.74, 6) is -0.301. The van der Waals surface area contributed by atoms with Crippen LogP contribution in [0.25, 0.3) is 0 Å². The minimum atomic E-state index is -0.301. The van der Waals surface area contributed by atoms with Crippen molar-refractivity contribution in [1.29, 1.82) is 0 Å². The standard InChI is InChI=1S/C14H14FN3/c1-18(2)14-9-8-12(10-13(14)15)17-16-11-6-4-3-5-7-11/h3-10H,1-2H3. The van der Waals surface area contributed by atoms with E-state index in [0.29, 0.717) is 11.4 Å². The summed E-state index contributed by atoms with van der Waals surface area (Å²) in [6, 6.07) is 14.2. The largest absolute Gasteiger partial charge is 0.375 e. The minimum Gasteiger partial charge on any atom is -0.375 e. The van der Waals surface area contributed by atoms with Crippen LogP contribution in [-0.4, -0.2) is 14.1 Å². The molecule has 0 heterocycles. The SMILES string of the molecule is CN(C)c1ccc(N=Nc2ccccc2)cc1F. The summed E-state index contributed by atoms with van der Waals surface area (Å²) in [5.41, 5.74) is 1.78. The van der Waals surface area contributed by atoms with Crippen molar-refractivity contribution < 1.29 is 4.39 Å². The van der Waals surface area contributed by atoms with Gasteiger partial charge < -0.3 is 4.90 Å². The van der Waals surface area contributed by atoms with Crippen LogP contribution < -0.4 is 4.90 Å². The van der Waals surface area contributed by atoms with E-state index in [2.05, 4.69) is 10.2 Å². The van der Waals surface area contributed by atoms with Gasteiger partial charge in [-0.3, -0.25) is 0 Å². The third-order valence-electron chi connectivity index (χ3n) is 2.45. The molecular formula is C14H14FN3. The first-order valence-electron chi connectivity index (χ1n) is 5.60. The van der Waals surface area contributed by atoms with Crippen molar-refractivity contribution in [2.75, 3.05) is 19.0 Å². The van der Waals surface area contributed by atoms with E-state index in [1.807, 2.05) is 30.3 Å². The molecule has 0 N–H and O–H groups in total. The quantitative estimate of drug-likeness (QED) is 0.738. The van der Waals surface area contributed by atoms with Gasteiger partial charge >= 0.3 is 0 Å². The van der Waals surface area contributed by atoms with E-state index in [4.69, 9.17) is 0 Å². The molecule has 0 aliphatic carbocycles. The zero-order valence-electron chi connectivity index (χ0n) is 10.3. The van der Waals surface area contributed by atoms with Gasteiger partial charge in [-0.1, -0.05) is 18.2 Å². The molecule has 0 atom stereocenters. The van der Waals surface area contributed by atoms with Gasteiger partial charge in [0.25, 0.3) is 0 Å². The van der Waals surface area contributed by atoms with Crippen molar-refractivity contribution in [3.05, 3.63) is 54.3 Å². The van der Waals surface area contributed by atoms with Crippen LogP contribution in [0.4, 0.5) is 21.5 Å². The Balaban J connectivity index is 2.21. The Kier molecular flexibility index (Phi) is 3.67. The number of nitrogens with zero attached hydrogens (tertiary/aromatic N) is 3. The maximum Gasteiger partial charge on any atom is 0.148 e. The van der Waals surface area contributed by atoms with Crippen LogP contribution >= 0.6 is 0 Å². The summed E-state index contributed by atoms with van der Waals surface area (Å²) < 4.78 is 13.7. The smallest absolute Gasteiger partial charge is 0.148 e. The van der Waals surface area contributed by atoms with Crippen LogP contribution in [0, 0.1) is 5.82 Å². The lowest BCUT2D eigenvalue weighted by Crippen LogP contribution is -2.10. The van der Waals surface area contributed by atoms with Crippen LogP contribution in [0.1, 0.15) is 0 Å². The summed E-state index contributed by atoms with van der Waals surface area (Å²) in [6.45, 7) is 0. The second kappa shape index (κ2) is 5.40. The minimum absolute atomic E-state index is 0.301. The number of hydrogen-bond acceptors (Lipinski definition) is 3. The molecule has 0 aromatic heterocycles. The van der Waals surface area contributed by atoms with Crippen molar-refractivity contribution in [3.63, 3.8) is 0 Å². The third-order valence-corrected chi connectivity index (χ3v) is 2.45. The summed E-state index contributed by atoms with van der Waals surface area (Å²) in [5, 5.41) is 8.04. The lowest BCUT2D eigenvalue weighted by atomic mass is 10.2. The highest BCUT2D eigenvalue weighted by Gasteiger charge is 2.04. The molecule has 0 unspecified atom stereocenters. The van der Waals surface area contributed by atoms with Gasteiger partial charge in [0.2, 0.25) is 0 Å². The molecule has 0 fully saturated rings. The van der Waals surface area contributed by atoms with Crippen LogP contribution in [-0.2, 0) is 0 Å². The highest BCUT2D eigenvalue weighted by Crippen LogP contribution is 2.24. The number of anilines is 1. The molecule has 92 valence electrons. The second-order valence-corrected chi connectivity index (χ2v) is 4.07. The molecule has 4 heteroatoms. The molecule has 2 aromatic rings. The maximum atomic E-state index is 13.7. The van der Waals surface area contributed by atoms with E-state index in [1.165, 1.54) is 6.07 Å². The van der Waals surface area contributed by atoms with Crippen LogP contribution in [0.5, 0.6) is 0 Å². The highest BCUT2D eigenvalue weighted by molar-refractivity contribution is 5.53.